The van der Waals surface area contributed by atoms with Gasteiger partial charge in [-0.1, -0.05) is 39.5 Å². The molecule has 116 valence electrons. The van der Waals surface area contributed by atoms with Crippen LogP contribution in [0.4, 0.5) is 0 Å². The van der Waals surface area contributed by atoms with Crippen molar-refractivity contribution < 1.29 is 9.53 Å². The second-order valence-corrected chi connectivity index (χ2v) is 5.66. The van der Waals surface area contributed by atoms with Crippen molar-refractivity contribution in [2.75, 3.05) is 6.61 Å². The molecule has 0 radical (unpaired) electrons. The lowest BCUT2D eigenvalue weighted by atomic mass is 10.1. The van der Waals surface area contributed by atoms with Gasteiger partial charge in [-0.3, -0.25) is 4.79 Å². The van der Waals surface area contributed by atoms with E-state index >= 15 is 0 Å². The molecule has 0 fully saturated rings. The maximum atomic E-state index is 12.0. The van der Waals surface area contributed by atoms with E-state index in [0.717, 1.165) is 10.0 Å². The molecule has 0 aliphatic rings. The number of amides is 1. The van der Waals surface area contributed by atoms with Gasteiger partial charge in [-0.05, 0) is 37.3 Å². The number of carbonyl (C=O) groups is 1. The summed E-state index contributed by atoms with van der Waals surface area (Å²) in [5, 5.41) is 3.97. The number of ether oxygens (including phenoxy) is 1. The lowest BCUT2D eigenvalue weighted by Gasteiger charge is -2.06. The van der Waals surface area contributed by atoms with E-state index in [9.17, 15) is 4.79 Å². The van der Waals surface area contributed by atoms with Crippen LogP contribution in [0.15, 0.2) is 52.0 Å². The van der Waals surface area contributed by atoms with Gasteiger partial charge in [-0.2, -0.15) is 5.10 Å². The lowest BCUT2D eigenvalue weighted by Crippen LogP contribution is -2.17. The molecule has 0 bridgehead atoms. The number of hydrogen-bond acceptors (Lipinski definition) is 3. The molecule has 5 heteroatoms. The van der Waals surface area contributed by atoms with Crippen LogP contribution in [-0.2, 0) is 0 Å². The fraction of sp³-hybridized carbons (Fsp3) is 0.111. The van der Waals surface area contributed by atoms with Crippen LogP contribution in [-0.4, -0.2) is 18.7 Å². The standard InChI is InChI=1S/C18H15BrN2O2/c1-3-10-23-17-9-8-16(19)11-15(17)12-20-21-18(22)14-6-4-13(2)5-7-14/h1,4-9,11-12H,10H2,2H3,(H,21,22)/b20-12-. The Morgan fingerprint density at radius 3 is 2.78 bits per heavy atom. The highest BCUT2D eigenvalue weighted by atomic mass is 79.9. The molecule has 0 spiro atoms. The highest BCUT2D eigenvalue weighted by Crippen LogP contribution is 2.21. The van der Waals surface area contributed by atoms with Crippen molar-refractivity contribution in [1.82, 2.24) is 5.43 Å². The summed E-state index contributed by atoms with van der Waals surface area (Å²) < 4.78 is 6.31. The number of aryl methyl sites for hydroxylation is 1. The van der Waals surface area contributed by atoms with E-state index in [1.165, 1.54) is 6.21 Å². The average Bonchev–Trinajstić information content (AvgIpc) is 2.54. The molecule has 2 aromatic carbocycles. The molecule has 1 N–H and O–H groups in total. The third-order valence-electron chi connectivity index (χ3n) is 2.97. The molecular formula is C18H15BrN2O2. The Morgan fingerprint density at radius 1 is 1.35 bits per heavy atom. The molecule has 0 aliphatic carbocycles. The molecule has 0 aromatic heterocycles. The number of hydrazone groups is 1. The molecule has 2 rings (SSSR count). The van der Waals surface area contributed by atoms with Crippen LogP contribution in [0.5, 0.6) is 5.75 Å². The molecule has 0 atom stereocenters. The molecule has 0 aliphatic heterocycles. The Kier molecular flexibility index (Phi) is 5.95. The summed E-state index contributed by atoms with van der Waals surface area (Å²) in [6.45, 7) is 2.13. The van der Waals surface area contributed by atoms with E-state index in [0.29, 0.717) is 16.9 Å². The molecule has 0 unspecified atom stereocenters. The first kappa shape index (κ1) is 16.8. The zero-order chi connectivity index (χ0) is 16.7. The van der Waals surface area contributed by atoms with Crippen LogP contribution in [0.1, 0.15) is 21.5 Å². The minimum atomic E-state index is -0.276. The largest absolute Gasteiger partial charge is 0.480 e. The Balaban J connectivity index is 2.07. The molecule has 0 saturated carbocycles. The summed E-state index contributed by atoms with van der Waals surface area (Å²) >= 11 is 3.38. The van der Waals surface area contributed by atoms with Crippen molar-refractivity contribution >= 4 is 28.1 Å². The zero-order valence-electron chi connectivity index (χ0n) is 12.5. The number of nitrogens with one attached hydrogen (secondary N) is 1. The van der Waals surface area contributed by atoms with Crippen molar-refractivity contribution in [3.8, 4) is 18.1 Å². The van der Waals surface area contributed by atoms with Crippen molar-refractivity contribution in [2.24, 2.45) is 5.10 Å². The predicted octanol–water partition coefficient (Wildman–Crippen LogP) is 3.53. The summed E-state index contributed by atoms with van der Waals surface area (Å²) in [5.74, 6) is 2.73. The quantitative estimate of drug-likeness (QED) is 0.497. The number of nitrogens with zero attached hydrogens (tertiary/aromatic N) is 1. The van der Waals surface area contributed by atoms with Crippen molar-refractivity contribution in [3.63, 3.8) is 0 Å². The first-order valence-electron chi connectivity index (χ1n) is 6.86. The second kappa shape index (κ2) is 8.16. The van der Waals surface area contributed by atoms with E-state index in [1.54, 1.807) is 18.2 Å². The number of rotatable bonds is 5. The summed E-state index contributed by atoms with van der Waals surface area (Å²) in [4.78, 5) is 12.0. The van der Waals surface area contributed by atoms with Gasteiger partial charge in [-0.15, -0.1) is 6.42 Å². The third-order valence-corrected chi connectivity index (χ3v) is 3.46. The summed E-state index contributed by atoms with van der Waals surface area (Å²) in [6, 6.07) is 12.7. The first-order valence-corrected chi connectivity index (χ1v) is 7.65. The van der Waals surface area contributed by atoms with Gasteiger partial charge in [0.1, 0.15) is 12.4 Å². The van der Waals surface area contributed by atoms with Crippen LogP contribution in [0.25, 0.3) is 0 Å². The van der Waals surface area contributed by atoms with Gasteiger partial charge >= 0.3 is 0 Å². The summed E-state index contributed by atoms with van der Waals surface area (Å²) in [6.07, 6.45) is 6.71. The van der Waals surface area contributed by atoms with Crippen molar-refractivity contribution in [1.29, 1.82) is 0 Å². The SMILES string of the molecule is C#CCOc1ccc(Br)cc1/C=N\NC(=O)c1ccc(C)cc1. The number of carbonyl (C=O) groups excluding carboxylic acids is 1. The first-order chi connectivity index (χ1) is 11.1. The highest BCUT2D eigenvalue weighted by molar-refractivity contribution is 9.10. The molecular weight excluding hydrogens is 356 g/mol. The van der Waals surface area contributed by atoms with Crippen LogP contribution < -0.4 is 10.2 Å². The van der Waals surface area contributed by atoms with Crippen LogP contribution in [0.2, 0.25) is 0 Å². The van der Waals surface area contributed by atoms with Gasteiger partial charge in [0.2, 0.25) is 0 Å². The number of terminal acetylenes is 1. The molecule has 2 aromatic rings. The zero-order valence-corrected chi connectivity index (χ0v) is 14.1. The Hall–Kier alpha value is -2.58. The topological polar surface area (TPSA) is 50.7 Å². The minimum Gasteiger partial charge on any atom is -0.480 e. The van der Waals surface area contributed by atoms with Crippen molar-refractivity contribution in [2.45, 2.75) is 6.92 Å². The smallest absolute Gasteiger partial charge is 0.271 e. The predicted molar refractivity (Wildman–Crippen MR) is 94.7 cm³/mol. The van der Waals surface area contributed by atoms with Gasteiger partial charge in [-0.25, -0.2) is 5.43 Å². The van der Waals surface area contributed by atoms with E-state index in [1.807, 2.05) is 31.2 Å². The van der Waals surface area contributed by atoms with Gasteiger partial charge in [0, 0.05) is 15.6 Å². The fourth-order valence-electron chi connectivity index (χ4n) is 1.80. The van der Waals surface area contributed by atoms with Gasteiger partial charge in [0.25, 0.3) is 5.91 Å². The highest BCUT2D eigenvalue weighted by Gasteiger charge is 2.05. The Bertz CT molecular complexity index is 762. The maximum absolute atomic E-state index is 12.0. The van der Waals surface area contributed by atoms with Gasteiger partial charge < -0.3 is 4.74 Å². The molecule has 23 heavy (non-hydrogen) atoms. The van der Waals surface area contributed by atoms with Crippen LogP contribution in [0.3, 0.4) is 0 Å². The molecule has 4 nitrogen and oxygen atoms in total. The summed E-state index contributed by atoms with van der Waals surface area (Å²) in [5.41, 5.74) is 4.84. The second-order valence-electron chi connectivity index (χ2n) is 4.74. The Labute approximate surface area is 143 Å². The number of benzene rings is 2. The van der Waals surface area contributed by atoms with Gasteiger partial charge in [0.05, 0.1) is 6.21 Å². The Morgan fingerprint density at radius 2 is 2.09 bits per heavy atom. The monoisotopic (exact) mass is 370 g/mol. The normalized spacial score (nSPS) is 10.3. The molecule has 0 heterocycles. The number of halogens is 1. The van der Waals surface area contributed by atoms with E-state index in [-0.39, 0.29) is 12.5 Å². The average molecular weight is 371 g/mol. The maximum Gasteiger partial charge on any atom is 0.271 e. The number of hydrogen-bond donors (Lipinski definition) is 1. The van der Waals surface area contributed by atoms with Crippen LogP contribution >= 0.6 is 15.9 Å². The molecule has 1 amide bonds. The van der Waals surface area contributed by atoms with Crippen molar-refractivity contribution in [3.05, 3.63) is 63.6 Å². The van der Waals surface area contributed by atoms with E-state index in [2.05, 4.69) is 32.4 Å². The lowest BCUT2D eigenvalue weighted by molar-refractivity contribution is 0.0955. The molecule has 0 saturated heterocycles. The van der Waals surface area contributed by atoms with Gasteiger partial charge in [0.15, 0.2) is 0 Å². The van der Waals surface area contributed by atoms with E-state index < -0.39 is 0 Å². The van der Waals surface area contributed by atoms with Crippen LogP contribution in [0, 0.1) is 19.3 Å². The third kappa shape index (κ3) is 4.97. The summed E-state index contributed by atoms with van der Waals surface area (Å²) in [7, 11) is 0. The minimum absolute atomic E-state index is 0.165. The fourth-order valence-corrected chi connectivity index (χ4v) is 2.18. The van der Waals surface area contributed by atoms with E-state index in [4.69, 9.17) is 11.2 Å².